The fourth-order valence-corrected chi connectivity index (χ4v) is 1.04. The highest BCUT2D eigenvalue weighted by Crippen LogP contribution is 2.38. The molecule has 2 N–H and O–H groups in total. The van der Waals surface area contributed by atoms with Gasteiger partial charge in [-0.2, -0.15) is 0 Å². The van der Waals surface area contributed by atoms with Crippen LogP contribution < -0.4 is 14.8 Å². The number of phenolic OH excluding ortho intramolecular Hbond substituents is 1. The number of anilines is 1. The van der Waals surface area contributed by atoms with Gasteiger partial charge in [-0.15, -0.1) is 0 Å². The number of phenols is 1. The van der Waals surface area contributed by atoms with E-state index >= 15 is 0 Å². The van der Waals surface area contributed by atoms with Crippen LogP contribution in [0.1, 0.15) is 20.8 Å². The average Bonchev–Trinajstić information content (AvgIpc) is 2.28. The summed E-state index contributed by atoms with van der Waals surface area (Å²) in [6, 6.07) is 3.38. The molecule has 0 fully saturated rings. The van der Waals surface area contributed by atoms with Crippen molar-refractivity contribution in [2.75, 3.05) is 26.6 Å². The largest absolute Gasteiger partial charge is 0.502 e. The number of hydrogen-bond acceptors (Lipinski definition) is 4. The maximum absolute atomic E-state index is 9.53. The summed E-state index contributed by atoms with van der Waals surface area (Å²) in [7, 11) is 4.77. The molecule has 0 heterocycles. The molecule has 0 saturated heterocycles. The molecule has 0 spiro atoms. The molecular formula is C13H23NO3. The second kappa shape index (κ2) is 7.65. The Hall–Kier alpha value is -1.58. The second-order valence-electron chi connectivity index (χ2n) is 4.21. The van der Waals surface area contributed by atoms with E-state index in [4.69, 9.17) is 9.47 Å². The minimum atomic E-state index is 0.0176. The number of rotatable bonds is 3. The molecule has 17 heavy (non-hydrogen) atoms. The first-order valence-corrected chi connectivity index (χ1v) is 5.59. The minimum Gasteiger partial charge on any atom is -0.502 e. The quantitative estimate of drug-likeness (QED) is 0.798. The van der Waals surface area contributed by atoms with Crippen LogP contribution in [0, 0.1) is 5.92 Å². The van der Waals surface area contributed by atoms with E-state index in [2.05, 4.69) is 26.1 Å². The Balaban J connectivity index is 0.000000557. The molecule has 98 valence electrons. The van der Waals surface area contributed by atoms with Gasteiger partial charge in [-0.3, -0.25) is 0 Å². The lowest BCUT2D eigenvalue weighted by Gasteiger charge is -2.10. The molecule has 1 aromatic carbocycles. The van der Waals surface area contributed by atoms with Crippen molar-refractivity contribution in [2.45, 2.75) is 20.8 Å². The predicted octanol–water partition coefficient (Wildman–Crippen LogP) is 3.11. The van der Waals surface area contributed by atoms with Gasteiger partial charge in [0.1, 0.15) is 0 Å². The van der Waals surface area contributed by atoms with Gasteiger partial charge in [0.15, 0.2) is 11.5 Å². The predicted molar refractivity (Wildman–Crippen MR) is 71.3 cm³/mol. The SMILES string of the molecule is CC(C)C.CNc1cc(OC)c(O)c(OC)c1. The lowest BCUT2D eigenvalue weighted by Crippen LogP contribution is -1.93. The van der Waals surface area contributed by atoms with Gasteiger partial charge in [-0.1, -0.05) is 20.8 Å². The molecule has 1 rings (SSSR count). The molecule has 0 aliphatic carbocycles. The number of ether oxygens (including phenoxy) is 2. The number of nitrogens with one attached hydrogen (secondary N) is 1. The number of benzene rings is 1. The molecule has 0 unspecified atom stereocenters. The third-order valence-corrected chi connectivity index (χ3v) is 1.77. The van der Waals surface area contributed by atoms with E-state index < -0.39 is 0 Å². The second-order valence-corrected chi connectivity index (χ2v) is 4.21. The lowest BCUT2D eigenvalue weighted by atomic mass is 10.2. The summed E-state index contributed by atoms with van der Waals surface area (Å²) in [5.41, 5.74) is 0.825. The molecule has 0 atom stereocenters. The standard InChI is InChI=1S/C9H13NO3.C4H10/c1-10-6-4-7(12-2)9(11)8(5-6)13-3;1-4(2)3/h4-5,10-11H,1-3H3;4H,1-3H3. The van der Waals surface area contributed by atoms with E-state index in [9.17, 15) is 5.11 Å². The van der Waals surface area contributed by atoms with Crippen molar-refractivity contribution in [1.29, 1.82) is 0 Å². The van der Waals surface area contributed by atoms with E-state index in [-0.39, 0.29) is 5.75 Å². The zero-order valence-corrected chi connectivity index (χ0v) is 11.5. The first-order valence-electron chi connectivity index (χ1n) is 5.59. The van der Waals surface area contributed by atoms with Crippen LogP contribution >= 0.6 is 0 Å². The van der Waals surface area contributed by atoms with E-state index in [1.165, 1.54) is 14.2 Å². The first-order chi connectivity index (χ1) is 7.96. The maximum atomic E-state index is 9.53. The summed E-state index contributed by atoms with van der Waals surface area (Å²) in [5, 5.41) is 12.5. The van der Waals surface area contributed by atoms with Crippen LogP contribution in [0.15, 0.2) is 12.1 Å². The van der Waals surface area contributed by atoms with Crippen LogP contribution in [-0.2, 0) is 0 Å². The number of aromatic hydroxyl groups is 1. The number of methoxy groups -OCH3 is 2. The molecule has 0 aliphatic heterocycles. The van der Waals surface area contributed by atoms with Crippen molar-refractivity contribution < 1.29 is 14.6 Å². The zero-order valence-electron chi connectivity index (χ0n) is 11.5. The van der Waals surface area contributed by atoms with Crippen LogP contribution in [0.3, 0.4) is 0 Å². The van der Waals surface area contributed by atoms with Crippen LogP contribution in [0.25, 0.3) is 0 Å². The Morgan fingerprint density at radius 3 is 1.65 bits per heavy atom. The highest BCUT2D eigenvalue weighted by molar-refractivity contribution is 5.61. The number of hydrogen-bond donors (Lipinski definition) is 2. The van der Waals surface area contributed by atoms with Crippen molar-refractivity contribution in [2.24, 2.45) is 5.92 Å². The molecule has 4 heteroatoms. The van der Waals surface area contributed by atoms with Crippen LogP contribution in [0.2, 0.25) is 0 Å². The van der Waals surface area contributed by atoms with Crippen molar-refractivity contribution >= 4 is 5.69 Å². The van der Waals surface area contributed by atoms with Crippen molar-refractivity contribution in [3.63, 3.8) is 0 Å². The van der Waals surface area contributed by atoms with Crippen molar-refractivity contribution in [3.8, 4) is 17.2 Å². The minimum absolute atomic E-state index is 0.0176. The average molecular weight is 241 g/mol. The molecular weight excluding hydrogens is 218 g/mol. The molecule has 0 amide bonds. The zero-order chi connectivity index (χ0) is 13.4. The Bertz CT molecular complexity index is 310. The van der Waals surface area contributed by atoms with Gasteiger partial charge in [-0.25, -0.2) is 0 Å². The smallest absolute Gasteiger partial charge is 0.200 e. The van der Waals surface area contributed by atoms with Crippen molar-refractivity contribution in [1.82, 2.24) is 0 Å². The Labute approximate surface area is 104 Å². The normalized spacial score (nSPS) is 9.35. The highest BCUT2D eigenvalue weighted by Gasteiger charge is 2.09. The van der Waals surface area contributed by atoms with E-state index in [1.807, 2.05) is 0 Å². The fourth-order valence-electron chi connectivity index (χ4n) is 1.04. The fraction of sp³-hybridized carbons (Fsp3) is 0.538. The van der Waals surface area contributed by atoms with Gasteiger partial charge >= 0.3 is 0 Å². The molecule has 1 aromatic rings. The molecule has 0 radical (unpaired) electrons. The van der Waals surface area contributed by atoms with Crippen LogP contribution in [0.5, 0.6) is 17.2 Å². The summed E-state index contributed by atoms with van der Waals surface area (Å²) < 4.78 is 9.92. The lowest BCUT2D eigenvalue weighted by molar-refractivity contribution is 0.340. The van der Waals surface area contributed by atoms with Crippen LogP contribution in [0.4, 0.5) is 5.69 Å². The van der Waals surface area contributed by atoms with Crippen molar-refractivity contribution in [3.05, 3.63) is 12.1 Å². The molecule has 0 aromatic heterocycles. The summed E-state index contributed by atoms with van der Waals surface area (Å²) in [6.45, 7) is 6.50. The topological polar surface area (TPSA) is 50.7 Å². The third kappa shape index (κ3) is 5.33. The van der Waals surface area contributed by atoms with Gasteiger partial charge in [0.25, 0.3) is 0 Å². The van der Waals surface area contributed by atoms with Gasteiger partial charge in [0.05, 0.1) is 14.2 Å². The molecule has 0 saturated carbocycles. The van der Waals surface area contributed by atoms with Crippen LogP contribution in [-0.4, -0.2) is 26.4 Å². The van der Waals surface area contributed by atoms with E-state index in [0.717, 1.165) is 11.6 Å². The Morgan fingerprint density at radius 1 is 1.06 bits per heavy atom. The van der Waals surface area contributed by atoms with E-state index in [1.54, 1.807) is 19.2 Å². The van der Waals surface area contributed by atoms with Gasteiger partial charge in [-0.05, 0) is 5.92 Å². The highest BCUT2D eigenvalue weighted by atomic mass is 16.5. The van der Waals surface area contributed by atoms with E-state index in [0.29, 0.717) is 11.5 Å². The summed E-state index contributed by atoms with van der Waals surface area (Å²) in [4.78, 5) is 0. The molecule has 4 nitrogen and oxygen atoms in total. The molecule has 0 aliphatic rings. The van der Waals surface area contributed by atoms with Gasteiger partial charge in [0.2, 0.25) is 5.75 Å². The van der Waals surface area contributed by atoms with Gasteiger partial charge < -0.3 is 19.9 Å². The summed E-state index contributed by atoms with van der Waals surface area (Å²) >= 11 is 0. The Kier molecular flexibility index (Phi) is 6.94. The monoisotopic (exact) mass is 241 g/mol. The first kappa shape index (κ1) is 15.4. The third-order valence-electron chi connectivity index (χ3n) is 1.77. The Morgan fingerprint density at radius 2 is 1.41 bits per heavy atom. The van der Waals surface area contributed by atoms with Gasteiger partial charge in [0, 0.05) is 24.9 Å². The maximum Gasteiger partial charge on any atom is 0.200 e. The summed E-state index contributed by atoms with van der Waals surface area (Å²) in [5.74, 6) is 1.64. The molecule has 0 bridgehead atoms. The summed E-state index contributed by atoms with van der Waals surface area (Å²) in [6.07, 6.45) is 0.